The zero-order valence-electron chi connectivity index (χ0n) is 18.5. The van der Waals surface area contributed by atoms with Crippen molar-refractivity contribution in [3.05, 3.63) is 73.1 Å². The maximum atomic E-state index is 13.3. The highest BCUT2D eigenvalue weighted by molar-refractivity contribution is 7.17. The maximum absolute atomic E-state index is 13.3. The first-order valence-electron chi connectivity index (χ1n) is 10.6. The van der Waals surface area contributed by atoms with E-state index in [1.165, 1.54) is 14.7 Å². The van der Waals surface area contributed by atoms with E-state index in [4.69, 9.17) is 5.10 Å². The smallest absolute Gasteiger partial charge is 0.276 e. The molecule has 0 amide bonds. The van der Waals surface area contributed by atoms with Crippen molar-refractivity contribution in [1.82, 2.24) is 18.9 Å². The van der Waals surface area contributed by atoms with Gasteiger partial charge in [0.05, 0.1) is 17.1 Å². The highest BCUT2D eigenvalue weighted by Gasteiger charge is 2.24. The van der Waals surface area contributed by atoms with E-state index in [0.29, 0.717) is 24.1 Å². The molecule has 0 aliphatic heterocycles. The number of aromatic nitrogens is 4. The van der Waals surface area contributed by atoms with Crippen molar-refractivity contribution in [2.75, 3.05) is 0 Å². The summed E-state index contributed by atoms with van der Waals surface area (Å²) in [7, 11) is 1.55. The van der Waals surface area contributed by atoms with Crippen LogP contribution in [0.2, 0.25) is 0 Å². The standard InChI is InChI=1S/C24H24N4O2S2/c1-14(2)11-27-22-19(23(29)26(4)24(27)30)20(21-15(3)9-10-31-21)28(25-22)12-16-13-32-18-8-6-5-7-17(16)18/h5-10,13-14H,11-12H2,1-4H3. The molecule has 1 aromatic carbocycles. The highest BCUT2D eigenvalue weighted by Crippen LogP contribution is 2.35. The number of thiophene rings is 2. The molecule has 0 radical (unpaired) electrons. The quantitative estimate of drug-likeness (QED) is 0.373. The summed E-state index contributed by atoms with van der Waals surface area (Å²) in [6.07, 6.45) is 0. The Bertz CT molecular complexity index is 1580. The number of fused-ring (bicyclic) bond motifs is 2. The predicted octanol–water partition coefficient (Wildman–Crippen LogP) is 4.85. The minimum Gasteiger partial charge on any atom is -0.276 e. The first-order chi connectivity index (χ1) is 15.4. The topological polar surface area (TPSA) is 61.8 Å². The third-order valence-electron chi connectivity index (χ3n) is 5.73. The second-order valence-corrected chi connectivity index (χ2v) is 10.4. The third-order valence-corrected chi connectivity index (χ3v) is 7.77. The summed E-state index contributed by atoms with van der Waals surface area (Å²) in [5, 5.41) is 10.8. The van der Waals surface area contributed by atoms with Crippen LogP contribution in [0.4, 0.5) is 0 Å². The molecule has 0 saturated carbocycles. The van der Waals surface area contributed by atoms with E-state index in [2.05, 4.69) is 37.4 Å². The van der Waals surface area contributed by atoms with Gasteiger partial charge >= 0.3 is 5.69 Å². The molecular formula is C24H24N4O2S2. The Labute approximate surface area is 193 Å². The molecule has 0 spiro atoms. The zero-order valence-corrected chi connectivity index (χ0v) is 20.1. The van der Waals surface area contributed by atoms with E-state index in [-0.39, 0.29) is 17.2 Å². The molecule has 4 aromatic heterocycles. The van der Waals surface area contributed by atoms with Crippen LogP contribution in [-0.4, -0.2) is 18.9 Å². The number of aryl methyl sites for hydroxylation is 1. The summed E-state index contributed by atoms with van der Waals surface area (Å²) in [5.74, 6) is 0.242. The Morgan fingerprint density at radius 3 is 2.59 bits per heavy atom. The van der Waals surface area contributed by atoms with Gasteiger partial charge in [-0.15, -0.1) is 22.7 Å². The van der Waals surface area contributed by atoms with Crippen molar-refractivity contribution in [2.45, 2.75) is 33.9 Å². The minimum atomic E-state index is -0.323. The molecule has 5 aromatic rings. The van der Waals surface area contributed by atoms with Gasteiger partial charge in [-0.3, -0.25) is 18.6 Å². The zero-order chi connectivity index (χ0) is 22.6. The van der Waals surface area contributed by atoms with E-state index in [0.717, 1.165) is 21.7 Å². The molecule has 5 rings (SSSR count). The van der Waals surface area contributed by atoms with Crippen LogP contribution >= 0.6 is 22.7 Å². The number of nitrogens with zero attached hydrogens (tertiary/aromatic N) is 4. The molecule has 0 saturated heterocycles. The second-order valence-electron chi connectivity index (χ2n) is 8.55. The summed E-state index contributed by atoms with van der Waals surface area (Å²) >= 11 is 3.30. The first kappa shape index (κ1) is 20.9. The first-order valence-corrected chi connectivity index (χ1v) is 12.3. The van der Waals surface area contributed by atoms with Crippen molar-refractivity contribution >= 4 is 43.8 Å². The van der Waals surface area contributed by atoms with E-state index < -0.39 is 0 Å². The molecule has 6 nitrogen and oxygen atoms in total. The van der Waals surface area contributed by atoms with Crippen LogP contribution in [0.5, 0.6) is 0 Å². The van der Waals surface area contributed by atoms with Crippen LogP contribution in [0.1, 0.15) is 25.0 Å². The Balaban J connectivity index is 1.84. The summed E-state index contributed by atoms with van der Waals surface area (Å²) < 4.78 is 6.00. The van der Waals surface area contributed by atoms with Crippen molar-refractivity contribution < 1.29 is 0 Å². The fourth-order valence-corrected chi connectivity index (χ4v) is 6.10. The number of rotatable bonds is 5. The van der Waals surface area contributed by atoms with Gasteiger partial charge in [0.15, 0.2) is 5.65 Å². The lowest BCUT2D eigenvalue weighted by molar-refractivity contribution is 0.498. The fourth-order valence-electron chi connectivity index (χ4n) is 4.17. The van der Waals surface area contributed by atoms with Gasteiger partial charge in [0.1, 0.15) is 5.39 Å². The average molecular weight is 465 g/mol. The van der Waals surface area contributed by atoms with Crippen LogP contribution in [0.15, 0.2) is 50.7 Å². The van der Waals surface area contributed by atoms with Gasteiger partial charge in [0.2, 0.25) is 0 Å². The Hall–Kier alpha value is -2.97. The Morgan fingerprint density at radius 1 is 1.09 bits per heavy atom. The van der Waals surface area contributed by atoms with E-state index in [1.807, 2.05) is 29.1 Å². The molecule has 0 N–H and O–H groups in total. The maximum Gasteiger partial charge on any atom is 0.332 e. The Kier molecular flexibility index (Phi) is 5.14. The van der Waals surface area contributed by atoms with Crippen LogP contribution in [-0.2, 0) is 20.1 Å². The normalized spacial score (nSPS) is 11.9. The van der Waals surface area contributed by atoms with Gasteiger partial charge in [-0.1, -0.05) is 32.0 Å². The lowest BCUT2D eigenvalue weighted by Crippen LogP contribution is -2.38. The largest absolute Gasteiger partial charge is 0.332 e. The average Bonchev–Trinajstić information content (AvgIpc) is 3.47. The van der Waals surface area contributed by atoms with Crippen molar-refractivity contribution in [1.29, 1.82) is 0 Å². The summed E-state index contributed by atoms with van der Waals surface area (Å²) in [5.41, 5.74) is 2.89. The van der Waals surface area contributed by atoms with Gasteiger partial charge < -0.3 is 0 Å². The summed E-state index contributed by atoms with van der Waals surface area (Å²) in [6.45, 7) is 7.20. The van der Waals surface area contributed by atoms with Gasteiger partial charge in [-0.25, -0.2) is 4.79 Å². The third kappa shape index (κ3) is 3.25. The van der Waals surface area contributed by atoms with Crippen molar-refractivity contribution in [3.63, 3.8) is 0 Å². The SMILES string of the molecule is Cc1ccsc1-c1c2c(=O)n(C)c(=O)n(CC(C)C)c2nn1Cc1csc2ccccc12. The molecule has 0 atom stereocenters. The molecular weight excluding hydrogens is 440 g/mol. The fraction of sp³-hybridized carbons (Fsp3) is 0.292. The summed E-state index contributed by atoms with van der Waals surface area (Å²) in [6, 6.07) is 10.4. The predicted molar refractivity (Wildman–Crippen MR) is 133 cm³/mol. The number of benzene rings is 1. The van der Waals surface area contributed by atoms with Crippen LogP contribution < -0.4 is 11.2 Å². The summed E-state index contributed by atoms with van der Waals surface area (Å²) in [4.78, 5) is 27.3. The highest BCUT2D eigenvalue weighted by atomic mass is 32.1. The van der Waals surface area contributed by atoms with Crippen molar-refractivity contribution in [3.8, 4) is 10.6 Å². The van der Waals surface area contributed by atoms with Crippen LogP contribution in [0.3, 0.4) is 0 Å². The molecule has 32 heavy (non-hydrogen) atoms. The number of hydrogen-bond donors (Lipinski definition) is 0. The second kappa shape index (κ2) is 7.86. The van der Waals surface area contributed by atoms with Crippen molar-refractivity contribution in [2.24, 2.45) is 13.0 Å². The molecule has 0 fully saturated rings. The molecule has 0 aliphatic carbocycles. The monoisotopic (exact) mass is 464 g/mol. The van der Waals surface area contributed by atoms with E-state index in [1.54, 1.807) is 34.3 Å². The molecule has 0 bridgehead atoms. The lowest BCUT2D eigenvalue weighted by Gasteiger charge is -2.10. The van der Waals surface area contributed by atoms with Crippen LogP contribution in [0.25, 0.3) is 31.7 Å². The van der Waals surface area contributed by atoms with E-state index >= 15 is 0 Å². The lowest BCUT2D eigenvalue weighted by atomic mass is 10.1. The molecule has 164 valence electrons. The van der Waals surface area contributed by atoms with Gasteiger partial charge in [0, 0.05) is 18.3 Å². The van der Waals surface area contributed by atoms with Gasteiger partial charge in [-0.05, 0) is 52.2 Å². The number of hydrogen-bond acceptors (Lipinski definition) is 5. The Morgan fingerprint density at radius 2 is 1.88 bits per heavy atom. The van der Waals surface area contributed by atoms with Gasteiger partial charge in [0.25, 0.3) is 5.56 Å². The minimum absolute atomic E-state index is 0.242. The molecule has 4 heterocycles. The van der Waals surface area contributed by atoms with E-state index in [9.17, 15) is 9.59 Å². The molecule has 8 heteroatoms. The van der Waals surface area contributed by atoms with Gasteiger partial charge in [-0.2, -0.15) is 5.10 Å². The van der Waals surface area contributed by atoms with Crippen LogP contribution in [0, 0.1) is 12.8 Å². The molecule has 0 unspecified atom stereocenters. The molecule has 0 aliphatic rings.